The number of ether oxygens (including phenoxy) is 2. The molecule has 1 aromatic heterocycles. The number of hydrogen-bond donors (Lipinski definition) is 2. The van der Waals surface area contributed by atoms with Crippen LogP contribution < -0.4 is 20.1 Å². The van der Waals surface area contributed by atoms with Crippen LogP contribution in [0.15, 0.2) is 78.0 Å². The minimum Gasteiger partial charge on any atom is -0.497 e. The van der Waals surface area contributed by atoms with Crippen LogP contribution in [0.3, 0.4) is 0 Å². The summed E-state index contributed by atoms with van der Waals surface area (Å²) >= 11 is 0. The molecule has 3 rings (SSSR count). The number of guanidine groups is 1. The lowest BCUT2D eigenvalue weighted by atomic mass is 10.2. The smallest absolute Gasteiger partial charge is 0.258 e. The first-order chi connectivity index (χ1) is 14.2. The van der Waals surface area contributed by atoms with E-state index in [1.54, 1.807) is 50.9 Å². The summed E-state index contributed by atoms with van der Waals surface area (Å²) in [5.74, 6) is 1.38. The molecule has 0 bridgehead atoms. The first kappa shape index (κ1) is 19.9. The standard InChI is InChI=1S/C22H22N4O3/c1-28-19-10-8-18(9-11-19)25-22(24-15-16-5-4-12-23-14-16)26-21(27)17-6-3-7-20(13-17)29-2/h3-14H,15H2,1-2H3,(H2,24,25,26,27). The maximum Gasteiger partial charge on any atom is 0.258 e. The second-order valence-corrected chi connectivity index (χ2v) is 6.07. The fraction of sp³-hybridized carbons (Fsp3) is 0.136. The van der Waals surface area contributed by atoms with E-state index in [0.29, 0.717) is 23.8 Å². The molecule has 2 aromatic carbocycles. The first-order valence-electron chi connectivity index (χ1n) is 8.98. The van der Waals surface area contributed by atoms with E-state index in [4.69, 9.17) is 9.47 Å². The third-order valence-corrected chi connectivity index (χ3v) is 4.06. The Morgan fingerprint density at radius 1 is 1.00 bits per heavy atom. The Balaban J connectivity index is 1.79. The summed E-state index contributed by atoms with van der Waals surface area (Å²) < 4.78 is 10.4. The van der Waals surface area contributed by atoms with Crippen LogP contribution in [0.2, 0.25) is 0 Å². The highest BCUT2D eigenvalue weighted by molar-refractivity contribution is 6.10. The van der Waals surface area contributed by atoms with Crippen molar-refractivity contribution in [1.82, 2.24) is 10.3 Å². The average Bonchev–Trinajstić information content (AvgIpc) is 2.78. The van der Waals surface area contributed by atoms with Crippen molar-refractivity contribution in [2.75, 3.05) is 19.5 Å². The fourth-order valence-electron chi connectivity index (χ4n) is 2.53. The molecule has 0 atom stereocenters. The number of rotatable bonds is 6. The van der Waals surface area contributed by atoms with Gasteiger partial charge >= 0.3 is 0 Å². The van der Waals surface area contributed by atoms with Crippen molar-refractivity contribution in [2.45, 2.75) is 6.54 Å². The molecule has 0 aliphatic heterocycles. The molecule has 7 heteroatoms. The number of carbonyl (C=O) groups is 1. The zero-order chi connectivity index (χ0) is 20.5. The summed E-state index contributed by atoms with van der Waals surface area (Å²) in [5, 5.41) is 5.97. The number of carbonyl (C=O) groups excluding carboxylic acids is 1. The molecule has 3 aromatic rings. The highest BCUT2D eigenvalue weighted by Gasteiger charge is 2.10. The van der Waals surface area contributed by atoms with Gasteiger partial charge in [-0.3, -0.25) is 15.1 Å². The number of amides is 1. The van der Waals surface area contributed by atoms with Gasteiger partial charge in [-0.15, -0.1) is 0 Å². The van der Waals surface area contributed by atoms with Crippen LogP contribution in [0.4, 0.5) is 5.69 Å². The van der Waals surface area contributed by atoms with Gasteiger partial charge in [-0.1, -0.05) is 12.1 Å². The lowest BCUT2D eigenvalue weighted by molar-refractivity contribution is 0.0976. The summed E-state index contributed by atoms with van der Waals surface area (Å²) in [7, 11) is 3.17. The van der Waals surface area contributed by atoms with Gasteiger partial charge in [0.25, 0.3) is 5.91 Å². The van der Waals surface area contributed by atoms with Gasteiger partial charge in [0.15, 0.2) is 0 Å². The summed E-state index contributed by atoms with van der Waals surface area (Å²) in [6.45, 7) is 0.366. The van der Waals surface area contributed by atoms with E-state index in [-0.39, 0.29) is 5.91 Å². The minimum atomic E-state index is -0.296. The SMILES string of the molecule is COc1ccc(NC(=NCc2cccnc2)NC(=O)c2cccc(OC)c2)cc1. The Morgan fingerprint density at radius 3 is 2.48 bits per heavy atom. The number of methoxy groups -OCH3 is 2. The highest BCUT2D eigenvalue weighted by Crippen LogP contribution is 2.16. The lowest BCUT2D eigenvalue weighted by Gasteiger charge is -2.13. The van der Waals surface area contributed by atoms with Crippen molar-refractivity contribution >= 4 is 17.6 Å². The van der Waals surface area contributed by atoms with Gasteiger partial charge in [-0.25, -0.2) is 4.99 Å². The Kier molecular flexibility index (Phi) is 6.78. The molecule has 0 saturated heterocycles. The Hall–Kier alpha value is -3.87. The molecule has 7 nitrogen and oxygen atoms in total. The zero-order valence-electron chi connectivity index (χ0n) is 16.3. The van der Waals surface area contributed by atoms with Crippen molar-refractivity contribution in [3.05, 3.63) is 84.2 Å². The van der Waals surface area contributed by atoms with Gasteiger partial charge in [0.2, 0.25) is 5.96 Å². The number of aliphatic imine (C=N–C) groups is 1. The molecule has 0 unspecified atom stereocenters. The molecule has 0 spiro atoms. The fourth-order valence-corrected chi connectivity index (χ4v) is 2.53. The molecular formula is C22H22N4O3. The van der Waals surface area contributed by atoms with E-state index in [1.165, 1.54) is 0 Å². The number of benzene rings is 2. The molecule has 0 aliphatic rings. The van der Waals surface area contributed by atoms with Crippen LogP contribution in [0.25, 0.3) is 0 Å². The van der Waals surface area contributed by atoms with Gasteiger partial charge in [-0.2, -0.15) is 0 Å². The van der Waals surface area contributed by atoms with Crippen LogP contribution in [0.1, 0.15) is 15.9 Å². The predicted octanol–water partition coefficient (Wildman–Crippen LogP) is 3.50. The number of pyridine rings is 1. The van der Waals surface area contributed by atoms with E-state index in [2.05, 4.69) is 20.6 Å². The van der Waals surface area contributed by atoms with Crippen LogP contribution in [0.5, 0.6) is 11.5 Å². The molecule has 1 amide bonds. The topological polar surface area (TPSA) is 84.8 Å². The normalized spacial score (nSPS) is 10.9. The Labute approximate surface area is 169 Å². The second-order valence-electron chi connectivity index (χ2n) is 6.07. The highest BCUT2D eigenvalue weighted by atomic mass is 16.5. The third kappa shape index (κ3) is 5.80. The second kappa shape index (κ2) is 9.89. The van der Waals surface area contributed by atoms with Crippen molar-refractivity contribution < 1.29 is 14.3 Å². The predicted molar refractivity (Wildman–Crippen MR) is 112 cm³/mol. The summed E-state index contributed by atoms with van der Waals surface area (Å²) in [6, 6.07) is 18.0. The third-order valence-electron chi connectivity index (χ3n) is 4.06. The van der Waals surface area contributed by atoms with Crippen LogP contribution >= 0.6 is 0 Å². The zero-order valence-corrected chi connectivity index (χ0v) is 16.3. The van der Waals surface area contributed by atoms with Gasteiger partial charge in [0.1, 0.15) is 11.5 Å². The largest absolute Gasteiger partial charge is 0.497 e. The monoisotopic (exact) mass is 390 g/mol. The summed E-state index contributed by atoms with van der Waals surface area (Å²) in [6.07, 6.45) is 3.44. The molecule has 0 saturated carbocycles. The van der Waals surface area contributed by atoms with Crippen LogP contribution in [-0.4, -0.2) is 31.1 Å². The summed E-state index contributed by atoms with van der Waals surface area (Å²) in [4.78, 5) is 21.3. The number of aromatic nitrogens is 1. The van der Waals surface area contributed by atoms with Gasteiger partial charge < -0.3 is 14.8 Å². The lowest BCUT2D eigenvalue weighted by Crippen LogP contribution is -2.36. The molecule has 29 heavy (non-hydrogen) atoms. The minimum absolute atomic E-state index is 0.296. The van der Waals surface area contributed by atoms with E-state index in [9.17, 15) is 4.79 Å². The molecule has 0 fully saturated rings. The quantitative estimate of drug-likeness (QED) is 0.497. The maximum atomic E-state index is 12.7. The van der Waals surface area contributed by atoms with E-state index < -0.39 is 0 Å². The number of hydrogen-bond acceptors (Lipinski definition) is 5. The Morgan fingerprint density at radius 2 is 1.79 bits per heavy atom. The number of nitrogens with zero attached hydrogens (tertiary/aromatic N) is 2. The van der Waals surface area contributed by atoms with Crippen molar-refractivity contribution in [2.24, 2.45) is 4.99 Å². The number of nitrogens with one attached hydrogen (secondary N) is 2. The van der Waals surface area contributed by atoms with Crippen LogP contribution in [0, 0.1) is 0 Å². The Bertz CT molecular complexity index is 973. The molecular weight excluding hydrogens is 368 g/mol. The van der Waals surface area contributed by atoms with Crippen molar-refractivity contribution in [3.63, 3.8) is 0 Å². The van der Waals surface area contributed by atoms with Gasteiger partial charge in [-0.05, 0) is 54.1 Å². The van der Waals surface area contributed by atoms with Gasteiger partial charge in [0.05, 0.1) is 20.8 Å². The maximum absolute atomic E-state index is 12.7. The molecule has 0 aliphatic carbocycles. The van der Waals surface area contributed by atoms with E-state index >= 15 is 0 Å². The van der Waals surface area contributed by atoms with Crippen molar-refractivity contribution in [1.29, 1.82) is 0 Å². The van der Waals surface area contributed by atoms with Gasteiger partial charge in [0, 0.05) is 23.6 Å². The molecule has 2 N–H and O–H groups in total. The summed E-state index contributed by atoms with van der Waals surface area (Å²) in [5.41, 5.74) is 2.16. The number of anilines is 1. The van der Waals surface area contributed by atoms with Crippen molar-refractivity contribution in [3.8, 4) is 11.5 Å². The van der Waals surface area contributed by atoms with E-state index in [0.717, 1.165) is 17.0 Å². The van der Waals surface area contributed by atoms with Crippen LogP contribution in [-0.2, 0) is 6.54 Å². The molecule has 148 valence electrons. The average molecular weight is 390 g/mol. The molecule has 1 heterocycles. The first-order valence-corrected chi connectivity index (χ1v) is 8.98. The molecule has 0 radical (unpaired) electrons. The van der Waals surface area contributed by atoms with E-state index in [1.807, 2.05) is 36.4 Å².